The molecule has 0 radical (unpaired) electrons. The summed E-state index contributed by atoms with van der Waals surface area (Å²) in [5, 5.41) is 4.44. The van der Waals surface area contributed by atoms with E-state index in [0.717, 1.165) is 10.0 Å². The average molecular weight is 303 g/mol. The Labute approximate surface area is 106 Å². The molecule has 0 saturated carbocycles. The van der Waals surface area contributed by atoms with Crippen molar-refractivity contribution in [2.45, 2.75) is 13.0 Å². The lowest BCUT2D eigenvalue weighted by atomic mass is 10.1. The quantitative estimate of drug-likeness (QED) is 0.926. The van der Waals surface area contributed by atoms with Crippen molar-refractivity contribution >= 4 is 27.5 Å². The molecule has 16 heavy (non-hydrogen) atoms. The van der Waals surface area contributed by atoms with E-state index in [9.17, 15) is 0 Å². The highest BCUT2D eigenvalue weighted by Crippen LogP contribution is 2.27. The van der Waals surface area contributed by atoms with Crippen molar-refractivity contribution in [2.24, 2.45) is 5.73 Å². The number of nitrogens with zero attached hydrogens (tertiary/aromatic N) is 2. The standard InChI is InChI=1S/C10H9BrClN3O/c1-5-14-10(15-16-5)9(13)7-3-2-6(12)4-8(7)11/h2-4,9H,13H2,1H3. The van der Waals surface area contributed by atoms with Crippen LogP contribution in [-0.2, 0) is 0 Å². The Balaban J connectivity index is 2.37. The zero-order chi connectivity index (χ0) is 11.7. The van der Waals surface area contributed by atoms with Crippen LogP contribution in [-0.4, -0.2) is 10.1 Å². The van der Waals surface area contributed by atoms with Gasteiger partial charge in [0.15, 0.2) is 5.82 Å². The topological polar surface area (TPSA) is 64.9 Å². The molecule has 1 unspecified atom stereocenters. The van der Waals surface area contributed by atoms with E-state index in [1.165, 1.54) is 0 Å². The molecule has 1 aromatic carbocycles. The fourth-order valence-corrected chi connectivity index (χ4v) is 2.26. The fourth-order valence-electron chi connectivity index (χ4n) is 1.33. The first-order valence-electron chi connectivity index (χ1n) is 4.58. The first kappa shape index (κ1) is 11.6. The Morgan fingerprint density at radius 2 is 2.25 bits per heavy atom. The molecule has 2 aromatic rings. The van der Waals surface area contributed by atoms with E-state index in [0.29, 0.717) is 16.7 Å². The minimum atomic E-state index is -0.427. The molecule has 1 aromatic heterocycles. The van der Waals surface area contributed by atoms with Gasteiger partial charge in [-0.05, 0) is 17.7 Å². The highest BCUT2D eigenvalue weighted by atomic mass is 79.9. The number of hydrogen-bond acceptors (Lipinski definition) is 4. The van der Waals surface area contributed by atoms with Gasteiger partial charge >= 0.3 is 0 Å². The monoisotopic (exact) mass is 301 g/mol. The molecule has 2 rings (SSSR count). The Kier molecular flexibility index (Phi) is 3.28. The number of benzene rings is 1. The highest BCUT2D eigenvalue weighted by Gasteiger charge is 2.17. The summed E-state index contributed by atoms with van der Waals surface area (Å²) < 4.78 is 5.72. The lowest BCUT2D eigenvalue weighted by Crippen LogP contribution is -2.14. The third kappa shape index (κ3) is 2.26. The van der Waals surface area contributed by atoms with Crippen LogP contribution in [0.15, 0.2) is 27.2 Å². The van der Waals surface area contributed by atoms with Gasteiger partial charge in [-0.25, -0.2) is 0 Å². The summed E-state index contributed by atoms with van der Waals surface area (Å²) in [7, 11) is 0. The molecular weight excluding hydrogens is 293 g/mol. The van der Waals surface area contributed by atoms with Crippen LogP contribution in [0.5, 0.6) is 0 Å². The molecule has 0 amide bonds. The van der Waals surface area contributed by atoms with E-state index < -0.39 is 6.04 Å². The largest absolute Gasteiger partial charge is 0.340 e. The molecule has 0 fully saturated rings. The summed E-state index contributed by atoms with van der Waals surface area (Å²) in [6.07, 6.45) is 0. The van der Waals surface area contributed by atoms with Gasteiger partial charge in [0.05, 0.1) is 6.04 Å². The number of nitrogens with two attached hydrogens (primary N) is 1. The van der Waals surface area contributed by atoms with Crippen molar-refractivity contribution in [2.75, 3.05) is 0 Å². The molecule has 2 N–H and O–H groups in total. The molecule has 1 heterocycles. The molecule has 1 atom stereocenters. The van der Waals surface area contributed by atoms with Crippen molar-refractivity contribution in [3.63, 3.8) is 0 Å². The van der Waals surface area contributed by atoms with Crippen LogP contribution in [0.2, 0.25) is 5.02 Å². The second-order valence-corrected chi connectivity index (χ2v) is 4.61. The van der Waals surface area contributed by atoms with E-state index >= 15 is 0 Å². The third-order valence-corrected chi connectivity index (χ3v) is 3.04. The summed E-state index contributed by atoms with van der Waals surface area (Å²) in [6, 6.07) is 4.96. The third-order valence-electron chi connectivity index (χ3n) is 2.12. The molecule has 0 saturated heterocycles. The highest BCUT2D eigenvalue weighted by molar-refractivity contribution is 9.10. The summed E-state index contributed by atoms with van der Waals surface area (Å²) in [4.78, 5) is 4.09. The Bertz CT molecular complexity index is 515. The predicted molar refractivity (Wildman–Crippen MR) is 64.2 cm³/mol. The number of halogens is 2. The molecule has 0 bridgehead atoms. The van der Waals surface area contributed by atoms with E-state index in [2.05, 4.69) is 26.1 Å². The van der Waals surface area contributed by atoms with E-state index in [1.54, 1.807) is 19.1 Å². The first-order valence-corrected chi connectivity index (χ1v) is 5.76. The van der Waals surface area contributed by atoms with Crippen LogP contribution >= 0.6 is 27.5 Å². The number of aryl methyl sites for hydroxylation is 1. The number of hydrogen-bond donors (Lipinski definition) is 1. The maximum absolute atomic E-state index is 6.02. The molecule has 4 nitrogen and oxygen atoms in total. The minimum Gasteiger partial charge on any atom is -0.340 e. The Morgan fingerprint density at radius 1 is 1.50 bits per heavy atom. The zero-order valence-electron chi connectivity index (χ0n) is 8.45. The molecule has 0 aliphatic heterocycles. The fraction of sp³-hybridized carbons (Fsp3) is 0.200. The summed E-state index contributed by atoms with van der Waals surface area (Å²) in [5.41, 5.74) is 6.89. The minimum absolute atomic E-state index is 0.427. The van der Waals surface area contributed by atoms with E-state index in [-0.39, 0.29) is 0 Å². The van der Waals surface area contributed by atoms with Gasteiger partial charge in [0.1, 0.15) is 0 Å². The van der Waals surface area contributed by atoms with Crippen LogP contribution in [0.25, 0.3) is 0 Å². The average Bonchev–Trinajstić information content (AvgIpc) is 2.64. The van der Waals surface area contributed by atoms with Gasteiger partial charge in [0.2, 0.25) is 5.89 Å². The summed E-state index contributed by atoms with van der Waals surface area (Å²) >= 11 is 9.25. The molecule has 84 valence electrons. The van der Waals surface area contributed by atoms with Crippen LogP contribution in [0.3, 0.4) is 0 Å². The first-order chi connectivity index (χ1) is 7.58. The SMILES string of the molecule is Cc1nc(C(N)c2ccc(Cl)cc2Br)no1. The smallest absolute Gasteiger partial charge is 0.223 e. The van der Waals surface area contributed by atoms with Crippen molar-refractivity contribution < 1.29 is 4.52 Å². The molecule has 0 aliphatic rings. The molecule has 6 heteroatoms. The second kappa shape index (κ2) is 4.53. The molecular formula is C10H9BrClN3O. The van der Waals surface area contributed by atoms with Crippen LogP contribution in [0.4, 0.5) is 0 Å². The van der Waals surface area contributed by atoms with Gasteiger partial charge in [-0.2, -0.15) is 4.98 Å². The normalized spacial score (nSPS) is 12.8. The second-order valence-electron chi connectivity index (χ2n) is 3.32. The van der Waals surface area contributed by atoms with Crippen molar-refractivity contribution in [1.82, 2.24) is 10.1 Å². The Hall–Kier alpha value is -0.910. The Morgan fingerprint density at radius 3 is 2.81 bits per heavy atom. The van der Waals surface area contributed by atoms with Crippen LogP contribution < -0.4 is 5.73 Å². The lowest BCUT2D eigenvalue weighted by molar-refractivity contribution is 0.385. The molecule has 0 aliphatic carbocycles. The predicted octanol–water partition coefficient (Wildman–Crippen LogP) is 2.84. The maximum atomic E-state index is 6.02. The van der Waals surface area contributed by atoms with E-state index in [4.69, 9.17) is 21.9 Å². The van der Waals surface area contributed by atoms with E-state index in [1.807, 2.05) is 6.07 Å². The number of aromatic nitrogens is 2. The van der Waals surface area contributed by atoms with Gasteiger partial charge in [-0.1, -0.05) is 38.8 Å². The van der Waals surface area contributed by atoms with Crippen molar-refractivity contribution in [3.05, 3.63) is 45.0 Å². The van der Waals surface area contributed by atoms with Crippen molar-refractivity contribution in [1.29, 1.82) is 0 Å². The van der Waals surface area contributed by atoms with Crippen molar-refractivity contribution in [3.8, 4) is 0 Å². The van der Waals surface area contributed by atoms with Gasteiger partial charge in [-0.3, -0.25) is 0 Å². The lowest BCUT2D eigenvalue weighted by Gasteiger charge is -2.09. The number of rotatable bonds is 2. The maximum Gasteiger partial charge on any atom is 0.223 e. The van der Waals surface area contributed by atoms with Gasteiger partial charge < -0.3 is 10.3 Å². The van der Waals surface area contributed by atoms with Gasteiger partial charge in [0, 0.05) is 16.4 Å². The van der Waals surface area contributed by atoms with Gasteiger partial charge in [0.25, 0.3) is 0 Å². The summed E-state index contributed by atoms with van der Waals surface area (Å²) in [5.74, 6) is 0.955. The zero-order valence-corrected chi connectivity index (χ0v) is 10.8. The van der Waals surface area contributed by atoms with Gasteiger partial charge in [-0.15, -0.1) is 0 Å². The summed E-state index contributed by atoms with van der Waals surface area (Å²) in [6.45, 7) is 1.72. The van der Waals surface area contributed by atoms with Crippen LogP contribution in [0, 0.1) is 6.92 Å². The molecule has 0 spiro atoms. The van der Waals surface area contributed by atoms with Crippen LogP contribution in [0.1, 0.15) is 23.3 Å².